The summed E-state index contributed by atoms with van der Waals surface area (Å²) in [6.45, 7) is 4.03. The summed E-state index contributed by atoms with van der Waals surface area (Å²) >= 11 is 1.66. The zero-order chi connectivity index (χ0) is 19.3. The average molecular weight is 376 g/mol. The van der Waals surface area contributed by atoms with Gasteiger partial charge in [-0.25, -0.2) is 9.78 Å². The monoisotopic (exact) mass is 376 g/mol. The number of nitrogen functional groups attached to an aromatic ring is 1. The first kappa shape index (κ1) is 20.2. The number of hydrogen-bond donors (Lipinski definition) is 2. The number of benzene rings is 1. The number of nitrogens with zero attached hydrogens (tertiary/aromatic N) is 2. The lowest BCUT2D eigenvalue weighted by Crippen LogP contribution is -2.45. The van der Waals surface area contributed by atoms with E-state index in [9.17, 15) is 10.0 Å². The summed E-state index contributed by atoms with van der Waals surface area (Å²) in [6.07, 6.45) is 0.795. The molecule has 0 fully saturated rings. The van der Waals surface area contributed by atoms with Crippen LogP contribution >= 0.6 is 11.8 Å². The number of pyridine rings is 1. The van der Waals surface area contributed by atoms with E-state index in [1.54, 1.807) is 17.8 Å². The molecule has 140 valence electrons. The number of quaternary nitrogens is 1. The molecule has 2 rings (SSSR count). The standard InChI is InChI=1S/C18H24N4O3S/c1-5-13-10-14(21-18(23)22(3,24)25-4)6-7-16(13)26-11-15-8-12(2)9-17(19)20-15/h6-10H,5,11H2,1-4H3,(H2,19,20)(H,21,23). The molecule has 1 heterocycles. The summed E-state index contributed by atoms with van der Waals surface area (Å²) in [5.74, 6) is 1.22. The van der Waals surface area contributed by atoms with Crippen molar-refractivity contribution in [1.82, 2.24) is 4.98 Å². The van der Waals surface area contributed by atoms with Crippen LogP contribution in [0, 0.1) is 12.1 Å². The molecule has 0 radical (unpaired) electrons. The maximum Gasteiger partial charge on any atom is 0.453 e. The lowest BCUT2D eigenvalue weighted by Gasteiger charge is -2.29. The first-order valence-corrected chi connectivity index (χ1v) is 9.17. The molecule has 26 heavy (non-hydrogen) atoms. The number of rotatable bonds is 6. The van der Waals surface area contributed by atoms with Crippen LogP contribution in [-0.2, 0) is 17.0 Å². The number of nitrogens with one attached hydrogen (secondary N) is 1. The highest BCUT2D eigenvalue weighted by molar-refractivity contribution is 7.98. The summed E-state index contributed by atoms with van der Waals surface area (Å²) in [6, 6.07) is 8.64. The highest BCUT2D eigenvalue weighted by Crippen LogP contribution is 2.29. The molecule has 1 atom stereocenters. The Morgan fingerprint density at radius 3 is 2.73 bits per heavy atom. The van der Waals surface area contributed by atoms with Gasteiger partial charge in [0.2, 0.25) is 0 Å². The molecule has 7 nitrogen and oxygen atoms in total. The second-order valence-electron chi connectivity index (χ2n) is 5.98. The third-order valence-corrected chi connectivity index (χ3v) is 4.98. The van der Waals surface area contributed by atoms with Crippen molar-refractivity contribution in [3.05, 3.63) is 52.4 Å². The van der Waals surface area contributed by atoms with Crippen LogP contribution in [0.1, 0.15) is 23.7 Å². The lowest BCUT2D eigenvalue weighted by atomic mass is 10.1. The number of thioether (sulfide) groups is 1. The van der Waals surface area contributed by atoms with Gasteiger partial charge in [-0.1, -0.05) is 6.92 Å². The van der Waals surface area contributed by atoms with Gasteiger partial charge >= 0.3 is 6.03 Å². The van der Waals surface area contributed by atoms with E-state index in [1.165, 1.54) is 7.11 Å². The van der Waals surface area contributed by atoms with E-state index in [0.717, 1.165) is 35.2 Å². The van der Waals surface area contributed by atoms with Crippen molar-refractivity contribution < 1.29 is 14.4 Å². The fraction of sp³-hybridized carbons (Fsp3) is 0.333. The number of hydroxylamine groups is 4. The SMILES string of the molecule is CCc1cc(NC(=O)[N+](C)([O-])OC)ccc1SCc1cc(C)cc(N)n1. The highest BCUT2D eigenvalue weighted by Gasteiger charge is 2.23. The minimum absolute atomic E-state index is 0.520. The van der Waals surface area contributed by atoms with Gasteiger partial charge < -0.3 is 10.9 Å². The van der Waals surface area contributed by atoms with Crippen LogP contribution in [-0.4, -0.2) is 30.0 Å². The number of nitrogens with two attached hydrogens (primary N) is 1. The Balaban J connectivity index is 2.12. The molecular weight excluding hydrogens is 352 g/mol. The van der Waals surface area contributed by atoms with Crippen LogP contribution in [0.2, 0.25) is 0 Å². The minimum atomic E-state index is -1.45. The molecule has 1 aromatic carbocycles. The molecule has 0 spiro atoms. The van der Waals surface area contributed by atoms with E-state index in [1.807, 2.05) is 38.1 Å². The van der Waals surface area contributed by atoms with Crippen LogP contribution in [0.25, 0.3) is 0 Å². The van der Waals surface area contributed by atoms with Gasteiger partial charge in [0.1, 0.15) is 12.9 Å². The van der Waals surface area contributed by atoms with Gasteiger partial charge in [0.05, 0.1) is 12.8 Å². The van der Waals surface area contributed by atoms with Crippen LogP contribution in [0.15, 0.2) is 35.2 Å². The number of anilines is 2. The van der Waals surface area contributed by atoms with Crippen LogP contribution in [0.4, 0.5) is 16.3 Å². The van der Waals surface area contributed by atoms with Crippen molar-refractivity contribution in [2.24, 2.45) is 0 Å². The zero-order valence-electron chi connectivity index (χ0n) is 15.4. The summed E-state index contributed by atoms with van der Waals surface area (Å²) in [4.78, 5) is 20.5. The second-order valence-corrected chi connectivity index (χ2v) is 7.00. The van der Waals surface area contributed by atoms with Crippen LogP contribution in [0.5, 0.6) is 0 Å². The Kier molecular flexibility index (Phi) is 6.60. The molecule has 0 aliphatic heterocycles. The largest absolute Gasteiger partial charge is 0.590 e. The van der Waals surface area contributed by atoms with Crippen molar-refractivity contribution in [3.8, 4) is 0 Å². The molecule has 0 saturated carbocycles. The molecule has 3 N–H and O–H groups in total. The van der Waals surface area contributed by atoms with Gasteiger partial charge in [-0.3, -0.25) is 5.32 Å². The van der Waals surface area contributed by atoms with Crippen molar-refractivity contribution in [1.29, 1.82) is 0 Å². The smallest absolute Gasteiger partial charge is 0.453 e. The number of urea groups is 1. The zero-order valence-corrected chi connectivity index (χ0v) is 16.2. The van der Waals surface area contributed by atoms with Gasteiger partial charge in [-0.15, -0.1) is 16.6 Å². The number of hydrogen-bond acceptors (Lipinski definition) is 6. The first-order chi connectivity index (χ1) is 12.2. The fourth-order valence-corrected chi connectivity index (χ4v) is 3.38. The van der Waals surface area contributed by atoms with E-state index >= 15 is 0 Å². The van der Waals surface area contributed by atoms with E-state index in [2.05, 4.69) is 15.1 Å². The Morgan fingerprint density at radius 2 is 2.12 bits per heavy atom. The van der Waals surface area contributed by atoms with E-state index < -0.39 is 10.8 Å². The topological polar surface area (TPSA) is 100 Å². The van der Waals surface area contributed by atoms with Gasteiger partial charge in [0.25, 0.3) is 0 Å². The Morgan fingerprint density at radius 1 is 1.38 bits per heavy atom. The van der Waals surface area contributed by atoms with Crippen molar-refractivity contribution in [2.75, 3.05) is 25.2 Å². The molecule has 2 amide bonds. The van der Waals surface area contributed by atoms with Crippen LogP contribution in [0.3, 0.4) is 0 Å². The van der Waals surface area contributed by atoms with Crippen molar-refractivity contribution in [3.63, 3.8) is 0 Å². The minimum Gasteiger partial charge on any atom is -0.590 e. The first-order valence-electron chi connectivity index (χ1n) is 8.18. The highest BCUT2D eigenvalue weighted by atomic mass is 32.2. The molecule has 1 aromatic heterocycles. The van der Waals surface area contributed by atoms with Crippen molar-refractivity contribution >= 4 is 29.3 Å². The average Bonchev–Trinajstić information content (AvgIpc) is 2.59. The van der Waals surface area contributed by atoms with Gasteiger partial charge in [0.15, 0.2) is 0 Å². The normalized spacial score (nSPS) is 13.3. The molecule has 0 bridgehead atoms. The van der Waals surface area contributed by atoms with E-state index in [4.69, 9.17) is 5.73 Å². The fourth-order valence-electron chi connectivity index (χ4n) is 2.38. The number of amides is 2. The number of carbonyl (C=O) groups is 1. The quantitative estimate of drug-likeness (QED) is 0.451. The van der Waals surface area contributed by atoms with Gasteiger partial charge in [-0.05, 0) is 54.8 Å². The molecular formula is C18H24N4O3S. The van der Waals surface area contributed by atoms with E-state index in [-0.39, 0.29) is 0 Å². The predicted octanol–water partition coefficient (Wildman–Crippen LogP) is 3.86. The van der Waals surface area contributed by atoms with Gasteiger partial charge in [0, 0.05) is 16.3 Å². The number of aromatic nitrogens is 1. The lowest BCUT2D eigenvalue weighted by molar-refractivity contribution is -0.980. The third-order valence-electron chi connectivity index (χ3n) is 3.83. The molecule has 1 unspecified atom stereocenters. The van der Waals surface area contributed by atoms with Crippen LogP contribution < -0.4 is 11.1 Å². The summed E-state index contributed by atoms with van der Waals surface area (Å²) < 4.78 is 0. The molecule has 0 aliphatic rings. The second kappa shape index (κ2) is 8.50. The molecule has 0 aliphatic carbocycles. The van der Waals surface area contributed by atoms with Gasteiger partial charge in [-0.2, -0.15) is 4.84 Å². The predicted molar refractivity (Wildman–Crippen MR) is 104 cm³/mol. The number of aryl methyl sites for hydroxylation is 2. The maximum absolute atomic E-state index is 11.9. The summed E-state index contributed by atoms with van der Waals surface area (Å²) in [5.41, 5.74) is 9.44. The maximum atomic E-state index is 11.9. The molecule has 0 saturated heterocycles. The molecule has 2 aromatic rings. The third kappa shape index (κ3) is 5.18. The Hall–Kier alpha value is -2.13. The van der Waals surface area contributed by atoms with E-state index in [0.29, 0.717) is 17.3 Å². The molecule has 8 heteroatoms. The Bertz CT molecular complexity index is 776. The Labute approximate surface area is 157 Å². The number of carbonyl (C=O) groups excluding carboxylic acids is 1. The summed E-state index contributed by atoms with van der Waals surface area (Å²) in [7, 11) is 2.32. The summed E-state index contributed by atoms with van der Waals surface area (Å²) in [5, 5.41) is 14.4. The van der Waals surface area contributed by atoms with Crippen molar-refractivity contribution in [2.45, 2.75) is 30.9 Å².